The molecule has 1 aromatic carbocycles. The van der Waals surface area contributed by atoms with Crippen LogP contribution in [0, 0.1) is 0 Å². The summed E-state index contributed by atoms with van der Waals surface area (Å²) < 4.78 is 5.33. The maximum absolute atomic E-state index is 12.3. The molecule has 1 fully saturated rings. The monoisotopic (exact) mass is 400 g/mol. The molecule has 1 aliphatic rings. The van der Waals surface area contributed by atoms with E-state index in [0.29, 0.717) is 37.1 Å². The highest BCUT2D eigenvalue weighted by Crippen LogP contribution is 2.15. The first-order valence-corrected chi connectivity index (χ1v) is 9.57. The third-order valence-electron chi connectivity index (χ3n) is 4.95. The SMILES string of the molecule is CC(=O)N1CCN(C(=O)CCC(=O)O[C@H](C)c2nc3ccccc3c(=O)[nH]2)CC1. The summed E-state index contributed by atoms with van der Waals surface area (Å²) in [7, 11) is 0. The van der Waals surface area contributed by atoms with E-state index in [1.54, 1.807) is 41.0 Å². The molecular weight excluding hydrogens is 376 g/mol. The van der Waals surface area contributed by atoms with Crippen molar-refractivity contribution in [3.8, 4) is 0 Å². The van der Waals surface area contributed by atoms with Gasteiger partial charge in [-0.25, -0.2) is 4.98 Å². The summed E-state index contributed by atoms with van der Waals surface area (Å²) in [5.41, 5.74) is 0.224. The lowest BCUT2D eigenvalue weighted by atomic mass is 10.2. The largest absolute Gasteiger partial charge is 0.454 e. The first-order valence-electron chi connectivity index (χ1n) is 9.57. The van der Waals surface area contributed by atoms with Gasteiger partial charge >= 0.3 is 5.97 Å². The highest BCUT2D eigenvalue weighted by atomic mass is 16.5. The summed E-state index contributed by atoms with van der Waals surface area (Å²) in [5.74, 6) is -0.428. The van der Waals surface area contributed by atoms with Crippen molar-refractivity contribution >= 4 is 28.7 Å². The molecule has 0 spiro atoms. The van der Waals surface area contributed by atoms with Crippen LogP contribution in [0.2, 0.25) is 0 Å². The minimum Gasteiger partial charge on any atom is -0.454 e. The van der Waals surface area contributed by atoms with Crippen molar-refractivity contribution in [1.29, 1.82) is 0 Å². The van der Waals surface area contributed by atoms with E-state index in [4.69, 9.17) is 4.74 Å². The van der Waals surface area contributed by atoms with E-state index in [0.717, 1.165) is 0 Å². The quantitative estimate of drug-likeness (QED) is 0.749. The average molecular weight is 400 g/mol. The van der Waals surface area contributed by atoms with Crippen LogP contribution in [0.1, 0.15) is 38.6 Å². The van der Waals surface area contributed by atoms with Gasteiger partial charge in [0.1, 0.15) is 0 Å². The van der Waals surface area contributed by atoms with Crippen LogP contribution in [0.5, 0.6) is 0 Å². The minimum atomic E-state index is -0.742. The molecule has 1 aliphatic heterocycles. The number of hydrogen-bond acceptors (Lipinski definition) is 6. The van der Waals surface area contributed by atoms with E-state index in [1.807, 2.05) is 0 Å². The van der Waals surface area contributed by atoms with Crippen molar-refractivity contribution in [2.45, 2.75) is 32.8 Å². The number of amides is 2. The molecule has 0 bridgehead atoms. The number of esters is 1. The highest BCUT2D eigenvalue weighted by Gasteiger charge is 2.23. The van der Waals surface area contributed by atoms with Crippen molar-refractivity contribution in [2.24, 2.45) is 0 Å². The van der Waals surface area contributed by atoms with E-state index in [-0.39, 0.29) is 36.0 Å². The molecule has 1 atom stereocenters. The number of ether oxygens (including phenoxy) is 1. The maximum atomic E-state index is 12.3. The van der Waals surface area contributed by atoms with Crippen molar-refractivity contribution in [3.05, 3.63) is 40.4 Å². The molecule has 1 aromatic heterocycles. The molecule has 2 amide bonds. The second-order valence-electron chi connectivity index (χ2n) is 6.99. The van der Waals surface area contributed by atoms with Gasteiger partial charge in [-0.3, -0.25) is 19.2 Å². The summed E-state index contributed by atoms with van der Waals surface area (Å²) in [5, 5.41) is 0.463. The van der Waals surface area contributed by atoms with Gasteiger partial charge in [-0.1, -0.05) is 12.1 Å². The van der Waals surface area contributed by atoms with Crippen molar-refractivity contribution in [1.82, 2.24) is 19.8 Å². The Bertz CT molecular complexity index is 978. The molecule has 3 rings (SSSR count). The first kappa shape index (κ1) is 20.5. The van der Waals surface area contributed by atoms with Gasteiger partial charge in [-0.05, 0) is 19.1 Å². The zero-order valence-electron chi connectivity index (χ0n) is 16.5. The lowest BCUT2D eigenvalue weighted by Crippen LogP contribution is -2.50. The maximum Gasteiger partial charge on any atom is 0.307 e. The second kappa shape index (κ2) is 8.85. The fourth-order valence-corrected chi connectivity index (χ4v) is 3.25. The number of H-pyrrole nitrogens is 1. The molecule has 1 saturated heterocycles. The molecule has 0 aliphatic carbocycles. The molecule has 154 valence electrons. The smallest absolute Gasteiger partial charge is 0.307 e. The fraction of sp³-hybridized carbons (Fsp3) is 0.450. The Morgan fingerprint density at radius 3 is 2.45 bits per heavy atom. The summed E-state index contributed by atoms with van der Waals surface area (Å²) in [4.78, 5) is 58.2. The number of carbonyl (C=O) groups excluding carboxylic acids is 3. The molecular formula is C20H24N4O5. The highest BCUT2D eigenvalue weighted by molar-refractivity contribution is 5.82. The molecule has 2 aromatic rings. The van der Waals surface area contributed by atoms with Crippen LogP contribution in [0.15, 0.2) is 29.1 Å². The molecule has 0 radical (unpaired) electrons. The topological polar surface area (TPSA) is 113 Å². The lowest BCUT2D eigenvalue weighted by Gasteiger charge is -2.34. The third kappa shape index (κ3) is 4.98. The number of carbonyl (C=O) groups is 3. The zero-order chi connectivity index (χ0) is 21.0. The van der Waals surface area contributed by atoms with Crippen LogP contribution in [0.4, 0.5) is 0 Å². The van der Waals surface area contributed by atoms with Crippen molar-refractivity contribution in [3.63, 3.8) is 0 Å². The van der Waals surface area contributed by atoms with Crippen LogP contribution in [-0.2, 0) is 19.1 Å². The number of rotatable bonds is 5. The van der Waals surface area contributed by atoms with E-state index in [9.17, 15) is 19.2 Å². The number of para-hydroxylation sites is 1. The van der Waals surface area contributed by atoms with Crippen LogP contribution in [0.25, 0.3) is 10.9 Å². The molecule has 9 nitrogen and oxygen atoms in total. The average Bonchev–Trinajstić information content (AvgIpc) is 2.72. The summed E-state index contributed by atoms with van der Waals surface area (Å²) in [6.45, 7) is 5.06. The van der Waals surface area contributed by atoms with Gasteiger partial charge in [-0.15, -0.1) is 0 Å². The van der Waals surface area contributed by atoms with E-state index in [1.165, 1.54) is 6.92 Å². The van der Waals surface area contributed by atoms with Gasteiger partial charge in [0.15, 0.2) is 11.9 Å². The molecule has 1 N–H and O–H groups in total. The molecule has 2 heterocycles. The van der Waals surface area contributed by atoms with E-state index in [2.05, 4.69) is 9.97 Å². The number of nitrogens with one attached hydrogen (secondary N) is 1. The zero-order valence-corrected chi connectivity index (χ0v) is 16.5. The van der Waals surface area contributed by atoms with Crippen LogP contribution < -0.4 is 5.56 Å². The Balaban J connectivity index is 1.51. The van der Waals surface area contributed by atoms with E-state index < -0.39 is 12.1 Å². The number of nitrogens with zero attached hydrogens (tertiary/aromatic N) is 3. The van der Waals surface area contributed by atoms with Crippen LogP contribution in [0.3, 0.4) is 0 Å². The molecule has 29 heavy (non-hydrogen) atoms. The standard InChI is InChI=1S/C20H24N4O5/c1-13(19-21-16-6-4-3-5-15(16)20(28)22-19)29-18(27)8-7-17(26)24-11-9-23(10-12-24)14(2)25/h3-6,13H,7-12H2,1-2H3,(H,21,22,28)/t13-/m1/s1. The number of benzene rings is 1. The molecule has 0 saturated carbocycles. The minimum absolute atomic E-state index is 0.00462. The summed E-state index contributed by atoms with van der Waals surface area (Å²) in [6, 6.07) is 6.91. The number of piperazine rings is 1. The Morgan fingerprint density at radius 2 is 1.76 bits per heavy atom. The number of hydrogen-bond donors (Lipinski definition) is 1. The van der Waals surface area contributed by atoms with Gasteiger partial charge in [-0.2, -0.15) is 0 Å². The number of fused-ring (bicyclic) bond motifs is 1. The van der Waals surface area contributed by atoms with E-state index >= 15 is 0 Å². The summed E-state index contributed by atoms with van der Waals surface area (Å²) in [6.07, 6.45) is -0.768. The van der Waals surface area contributed by atoms with Gasteiger partial charge in [0.25, 0.3) is 5.56 Å². The Labute approximate surface area is 167 Å². The predicted octanol–water partition coefficient (Wildman–Crippen LogP) is 0.998. The van der Waals surface area contributed by atoms with Gasteiger partial charge in [0.05, 0.1) is 17.3 Å². The van der Waals surface area contributed by atoms with Crippen molar-refractivity contribution < 1.29 is 19.1 Å². The van der Waals surface area contributed by atoms with Gasteiger partial charge in [0, 0.05) is 39.5 Å². The van der Waals surface area contributed by atoms with Crippen LogP contribution >= 0.6 is 0 Å². The fourth-order valence-electron chi connectivity index (χ4n) is 3.25. The lowest BCUT2D eigenvalue weighted by molar-refractivity contribution is -0.151. The Kier molecular flexibility index (Phi) is 6.26. The molecule has 0 unspecified atom stereocenters. The normalized spacial score (nSPS) is 15.2. The Hall–Kier alpha value is -3.23. The Morgan fingerprint density at radius 1 is 1.10 bits per heavy atom. The summed E-state index contributed by atoms with van der Waals surface area (Å²) >= 11 is 0. The number of aromatic amines is 1. The van der Waals surface area contributed by atoms with Gasteiger partial charge < -0.3 is 19.5 Å². The second-order valence-corrected chi connectivity index (χ2v) is 6.99. The third-order valence-corrected chi connectivity index (χ3v) is 4.95. The number of aromatic nitrogens is 2. The van der Waals surface area contributed by atoms with Crippen molar-refractivity contribution in [2.75, 3.05) is 26.2 Å². The molecule has 9 heteroatoms. The first-order chi connectivity index (χ1) is 13.8. The predicted molar refractivity (Wildman–Crippen MR) is 105 cm³/mol. The van der Waals surface area contributed by atoms with Crippen LogP contribution in [-0.4, -0.2) is 63.7 Å². The van der Waals surface area contributed by atoms with Gasteiger partial charge in [0.2, 0.25) is 11.8 Å².